The Morgan fingerprint density at radius 2 is 1.88 bits per heavy atom. The van der Waals surface area contributed by atoms with Gasteiger partial charge in [-0.25, -0.2) is 4.39 Å². The number of methoxy groups -OCH3 is 1. The Morgan fingerprint density at radius 1 is 1.09 bits per heavy atom. The molecule has 2 aromatic carbocycles. The first-order chi connectivity index (χ1) is 15.6. The first kappa shape index (κ1) is 22.0. The SMILES string of the molecule is COc1ccc(F)cc1CN1CCN(C(=O)CCCc2nnc(-c3ccccc3)o2)CC1. The van der Waals surface area contributed by atoms with Gasteiger partial charge in [0.1, 0.15) is 11.6 Å². The number of aromatic nitrogens is 2. The summed E-state index contributed by atoms with van der Waals surface area (Å²) in [5.74, 6) is 1.59. The van der Waals surface area contributed by atoms with Gasteiger partial charge in [0.2, 0.25) is 17.7 Å². The van der Waals surface area contributed by atoms with Gasteiger partial charge in [0, 0.05) is 56.7 Å². The van der Waals surface area contributed by atoms with Crippen LogP contribution in [0.3, 0.4) is 0 Å². The van der Waals surface area contributed by atoms with E-state index in [2.05, 4.69) is 15.1 Å². The number of amides is 1. The van der Waals surface area contributed by atoms with Gasteiger partial charge in [0.15, 0.2) is 0 Å². The number of rotatable bonds is 8. The summed E-state index contributed by atoms with van der Waals surface area (Å²) in [5.41, 5.74) is 1.71. The fraction of sp³-hybridized carbons (Fsp3) is 0.375. The van der Waals surface area contributed by atoms with Crippen molar-refractivity contribution in [3.05, 3.63) is 65.8 Å². The maximum absolute atomic E-state index is 13.6. The van der Waals surface area contributed by atoms with Gasteiger partial charge in [-0.3, -0.25) is 9.69 Å². The van der Waals surface area contributed by atoms with Crippen LogP contribution >= 0.6 is 0 Å². The van der Waals surface area contributed by atoms with Crippen LogP contribution in [0.4, 0.5) is 4.39 Å². The van der Waals surface area contributed by atoms with Gasteiger partial charge in [0.05, 0.1) is 7.11 Å². The maximum atomic E-state index is 13.6. The highest BCUT2D eigenvalue weighted by Gasteiger charge is 2.22. The summed E-state index contributed by atoms with van der Waals surface area (Å²) in [7, 11) is 1.59. The van der Waals surface area contributed by atoms with Crippen molar-refractivity contribution in [1.29, 1.82) is 0 Å². The Morgan fingerprint density at radius 3 is 2.62 bits per heavy atom. The highest BCUT2D eigenvalue weighted by Crippen LogP contribution is 2.22. The quantitative estimate of drug-likeness (QED) is 0.536. The van der Waals surface area contributed by atoms with Crippen LogP contribution in [0.5, 0.6) is 5.75 Å². The fourth-order valence-electron chi connectivity index (χ4n) is 3.87. The molecule has 0 saturated carbocycles. The lowest BCUT2D eigenvalue weighted by Gasteiger charge is -2.35. The van der Waals surface area contributed by atoms with Crippen molar-refractivity contribution in [3.8, 4) is 17.2 Å². The van der Waals surface area contributed by atoms with Crippen LogP contribution in [0, 0.1) is 5.82 Å². The number of aryl methyl sites for hydroxylation is 1. The summed E-state index contributed by atoms with van der Waals surface area (Å²) in [6.45, 7) is 3.42. The van der Waals surface area contributed by atoms with Crippen molar-refractivity contribution >= 4 is 5.91 Å². The molecule has 1 amide bonds. The van der Waals surface area contributed by atoms with Crippen molar-refractivity contribution in [2.24, 2.45) is 0 Å². The number of carbonyl (C=O) groups is 1. The average Bonchev–Trinajstić information content (AvgIpc) is 3.29. The molecule has 0 radical (unpaired) electrons. The number of ether oxygens (including phenoxy) is 1. The molecule has 7 nitrogen and oxygen atoms in total. The Labute approximate surface area is 186 Å². The van der Waals surface area contributed by atoms with E-state index in [1.54, 1.807) is 13.2 Å². The molecule has 1 aliphatic rings. The van der Waals surface area contributed by atoms with Gasteiger partial charge in [-0.15, -0.1) is 10.2 Å². The molecule has 0 bridgehead atoms. The summed E-state index contributed by atoms with van der Waals surface area (Å²) < 4.78 is 24.6. The van der Waals surface area contributed by atoms with E-state index in [-0.39, 0.29) is 11.7 Å². The van der Waals surface area contributed by atoms with E-state index < -0.39 is 0 Å². The minimum absolute atomic E-state index is 0.135. The van der Waals surface area contributed by atoms with Crippen LogP contribution in [-0.4, -0.2) is 59.2 Å². The van der Waals surface area contributed by atoms with Crippen molar-refractivity contribution in [2.45, 2.75) is 25.8 Å². The van der Waals surface area contributed by atoms with Crippen LogP contribution in [-0.2, 0) is 17.8 Å². The third kappa shape index (κ3) is 5.50. The number of piperazine rings is 1. The lowest BCUT2D eigenvalue weighted by atomic mass is 10.1. The molecule has 8 heteroatoms. The Bertz CT molecular complexity index is 1030. The van der Waals surface area contributed by atoms with E-state index in [1.807, 2.05) is 35.2 Å². The zero-order chi connectivity index (χ0) is 22.3. The molecule has 32 heavy (non-hydrogen) atoms. The normalized spacial score (nSPS) is 14.5. The largest absolute Gasteiger partial charge is 0.496 e. The van der Waals surface area contributed by atoms with Crippen molar-refractivity contribution in [1.82, 2.24) is 20.0 Å². The lowest BCUT2D eigenvalue weighted by molar-refractivity contribution is -0.133. The zero-order valence-electron chi connectivity index (χ0n) is 18.2. The monoisotopic (exact) mass is 438 g/mol. The molecule has 2 heterocycles. The average molecular weight is 439 g/mol. The summed E-state index contributed by atoms with van der Waals surface area (Å²) in [4.78, 5) is 16.7. The minimum Gasteiger partial charge on any atom is -0.496 e. The molecule has 1 fully saturated rings. The van der Waals surface area contributed by atoms with E-state index in [4.69, 9.17) is 9.15 Å². The van der Waals surface area contributed by atoms with Crippen molar-refractivity contribution < 1.29 is 18.3 Å². The van der Waals surface area contributed by atoms with Crippen molar-refractivity contribution in [2.75, 3.05) is 33.3 Å². The second-order valence-corrected chi connectivity index (χ2v) is 7.83. The summed E-state index contributed by atoms with van der Waals surface area (Å²) >= 11 is 0. The predicted octanol–water partition coefficient (Wildman–Crippen LogP) is 3.55. The van der Waals surface area contributed by atoms with E-state index >= 15 is 0 Å². The second kappa shape index (κ2) is 10.4. The summed E-state index contributed by atoms with van der Waals surface area (Å²) in [6.07, 6.45) is 1.68. The highest BCUT2D eigenvalue weighted by atomic mass is 19.1. The van der Waals surface area contributed by atoms with Crippen LogP contribution in [0.15, 0.2) is 52.9 Å². The molecule has 168 valence electrons. The van der Waals surface area contributed by atoms with Gasteiger partial charge in [-0.2, -0.15) is 0 Å². The molecule has 0 N–H and O–H groups in total. The number of carbonyl (C=O) groups excluding carboxylic acids is 1. The van der Waals surface area contributed by atoms with Crippen LogP contribution in [0.1, 0.15) is 24.3 Å². The molecule has 1 aromatic heterocycles. The third-order valence-corrected chi connectivity index (χ3v) is 5.63. The minimum atomic E-state index is -0.272. The molecule has 0 spiro atoms. The van der Waals surface area contributed by atoms with Gasteiger partial charge >= 0.3 is 0 Å². The predicted molar refractivity (Wildman–Crippen MR) is 117 cm³/mol. The molecule has 0 aliphatic carbocycles. The topological polar surface area (TPSA) is 71.7 Å². The number of benzene rings is 2. The molecule has 1 aliphatic heterocycles. The van der Waals surface area contributed by atoms with E-state index in [0.29, 0.717) is 56.4 Å². The molecule has 4 rings (SSSR count). The van der Waals surface area contributed by atoms with Crippen LogP contribution in [0.25, 0.3) is 11.5 Å². The summed E-state index contributed by atoms with van der Waals surface area (Å²) in [6, 6.07) is 14.2. The first-order valence-electron chi connectivity index (χ1n) is 10.8. The highest BCUT2D eigenvalue weighted by molar-refractivity contribution is 5.76. The Balaban J connectivity index is 1.21. The number of hydrogen-bond acceptors (Lipinski definition) is 6. The number of nitrogens with zero attached hydrogens (tertiary/aromatic N) is 4. The van der Waals surface area contributed by atoms with E-state index in [9.17, 15) is 9.18 Å². The maximum Gasteiger partial charge on any atom is 0.247 e. The molecular weight excluding hydrogens is 411 g/mol. The number of hydrogen-bond donors (Lipinski definition) is 0. The van der Waals surface area contributed by atoms with Crippen LogP contribution in [0.2, 0.25) is 0 Å². The lowest BCUT2D eigenvalue weighted by Crippen LogP contribution is -2.48. The first-order valence-corrected chi connectivity index (χ1v) is 10.8. The fourth-order valence-corrected chi connectivity index (χ4v) is 3.87. The number of halogens is 1. The zero-order valence-corrected chi connectivity index (χ0v) is 18.2. The Hall–Kier alpha value is -3.26. The van der Waals surface area contributed by atoms with Crippen LogP contribution < -0.4 is 4.74 Å². The smallest absolute Gasteiger partial charge is 0.247 e. The van der Waals surface area contributed by atoms with Gasteiger partial charge in [-0.1, -0.05) is 18.2 Å². The van der Waals surface area contributed by atoms with Crippen molar-refractivity contribution in [3.63, 3.8) is 0 Å². The summed E-state index contributed by atoms with van der Waals surface area (Å²) in [5, 5.41) is 8.17. The second-order valence-electron chi connectivity index (χ2n) is 7.83. The van der Waals surface area contributed by atoms with Gasteiger partial charge in [0.25, 0.3) is 0 Å². The van der Waals surface area contributed by atoms with Gasteiger partial charge in [-0.05, 0) is 36.8 Å². The third-order valence-electron chi connectivity index (χ3n) is 5.63. The van der Waals surface area contributed by atoms with E-state index in [1.165, 1.54) is 12.1 Å². The Kier molecular flexibility index (Phi) is 7.11. The van der Waals surface area contributed by atoms with E-state index in [0.717, 1.165) is 24.2 Å². The standard InChI is InChI=1S/C24H27FN4O3/c1-31-21-11-10-20(25)16-19(21)17-28-12-14-29(15-13-28)23(30)9-5-8-22-26-27-24(32-22)18-6-3-2-4-7-18/h2-4,6-7,10-11,16H,5,8-9,12-15,17H2,1H3. The molecule has 0 unspecified atom stereocenters. The molecular formula is C24H27FN4O3. The van der Waals surface area contributed by atoms with Gasteiger partial charge < -0.3 is 14.1 Å². The molecule has 1 saturated heterocycles. The molecule has 3 aromatic rings. The molecule has 0 atom stereocenters.